The molecule has 4 heterocycles. The summed E-state index contributed by atoms with van der Waals surface area (Å²) in [5, 5.41) is 13.4. The third kappa shape index (κ3) is 4.19. The Morgan fingerprint density at radius 3 is 2.76 bits per heavy atom. The third-order valence-electron chi connectivity index (χ3n) is 5.22. The molecular weight excluding hydrogens is 436 g/mol. The molecule has 0 spiro atoms. The summed E-state index contributed by atoms with van der Waals surface area (Å²) in [6.45, 7) is 0.146. The van der Waals surface area contributed by atoms with Crippen molar-refractivity contribution in [2.75, 3.05) is 5.32 Å². The van der Waals surface area contributed by atoms with Crippen molar-refractivity contribution in [1.82, 2.24) is 29.7 Å². The van der Waals surface area contributed by atoms with Crippen molar-refractivity contribution in [3.63, 3.8) is 0 Å². The summed E-state index contributed by atoms with van der Waals surface area (Å²) >= 11 is 0. The van der Waals surface area contributed by atoms with Gasteiger partial charge in [0.05, 0.1) is 18.5 Å². The van der Waals surface area contributed by atoms with Crippen LogP contribution in [0.25, 0.3) is 5.65 Å². The quantitative estimate of drug-likeness (QED) is 0.442. The molecule has 2 amide bonds. The maximum atomic E-state index is 13.6. The molecule has 0 saturated heterocycles. The Labute approximate surface area is 185 Å². The summed E-state index contributed by atoms with van der Waals surface area (Å²) < 4.78 is 34.7. The predicted molar refractivity (Wildman–Crippen MR) is 111 cm³/mol. The highest BCUT2D eigenvalue weighted by molar-refractivity contribution is 6.07. The number of halogens is 2. The molecule has 12 heteroatoms. The Morgan fingerprint density at radius 1 is 1.24 bits per heavy atom. The van der Waals surface area contributed by atoms with Gasteiger partial charge >= 0.3 is 0 Å². The van der Waals surface area contributed by atoms with Crippen molar-refractivity contribution in [3.05, 3.63) is 65.3 Å². The number of aryl methyl sites for hydroxylation is 1. The van der Waals surface area contributed by atoms with Gasteiger partial charge in [-0.2, -0.15) is 10.2 Å². The maximum Gasteiger partial charge on any atom is 0.280 e. The first-order chi connectivity index (χ1) is 15.9. The summed E-state index contributed by atoms with van der Waals surface area (Å²) in [6, 6.07) is 6.10. The van der Waals surface area contributed by atoms with Crippen LogP contribution in [-0.2, 0) is 13.6 Å². The predicted octanol–water partition coefficient (Wildman–Crippen LogP) is 3.05. The van der Waals surface area contributed by atoms with Gasteiger partial charge in [0.1, 0.15) is 11.5 Å². The largest absolute Gasteiger partial charge is 0.467 e. The average Bonchev–Trinajstić information content (AvgIpc) is 3.17. The van der Waals surface area contributed by atoms with E-state index in [2.05, 4.69) is 25.8 Å². The number of nitrogens with one attached hydrogen (secondary N) is 2. The van der Waals surface area contributed by atoms with E-state index in [0.29, 0.717) is 11.5 Å². The van der Waals surface area contributed by atoms with Crippen molar-refractivity contribution < 1.29 is 22.8 Å². The lowest BCUT2D eigenvalue weighted by atomic mass is 10.2. The molecule has 0 atom stereocenters. The van der Waals surface area contributed by atoms with E-state index < -0.39 is 18.2 Å². The molecule has 1 saturated carbocycles. The number of nitrogens with zero attached hydrogens (tertiary/aromatic N) is 5. The standard InChI is InChI=1S/C21H19F2N7O3/c1-29-10-15(18(28-29)21(32)24-9-12-3-2-6-33-12)26-20(31)14-8-17-25-13(11-4-5-11)7-16(19(22)23)30(17)27-14/h2-3,6-8,10-11,19H,4-5,9H2,1H3,(H,24,32)(H,26,31). The smallest absolute Gasteiger partial charge is 0.280 e. The summed E-state index contributed by atoms with van der Waals surface area (Å²) in [5.74, 6) is -0.477. The van der Waals surface area contributed by atoms with E-state index in [-0.39, 0.29) is 40.9 Å². The molecule has 4 aromatic rings. The molecule has 10 nitrogen and oxygen atoms in total. The Kier molecular flexibility index (Phi) is 5.11. The number of aromatic nitrogens is 5. The lowest BCUT2D eigenvalue weighted by molar-refractivity contribution is 0.0943. The first-order valence-corrected chi connectivity index (χ1v) is 10.2. The number of carbonyl (C=O) groups is 2. The lowest BCUT2D eigenvalue weighted by Crippen LogP contribution is -2.25. The van der Waals surface area contributed by atoms with E-state index in [0.717, 1.165) is 17.4 Å². The fourth-order valence-corrected chi connectivity index (χ4v) is 3.47. The minimum atomic E-state index is -2.77. The van der Waals surface area contributed by atoms with E-state index >= 15 is 0 Å². The van der Waals surface area contributed by atoms with Crippen LogP contribution in [0.4, 0.5) is 14.5 Å². The van der Waals surface area contributed by atoms with Crippen molar-refractivity contribution >= 4 is 23.1 Å². The van der Waals surface area contributed by atoms with Gasteiger partial charge in [0.2, 0.25) is 0 Å². The molecule has 5 rings (SSSR count). The van der Waals surface area contributed by atoms with E-state index in [9.17, 15) is 18.4 Å². The van der Waals surface area contributed by atoms with Gasteiger partial charge in [-0.05, 0) is 31.0 Å². The Bertz CT molecular complexity index is 1340. The molecule has 1 aliphatic carbocycles. The molecule has 0 bridgehead atoms. The Balaban J connectivity index is 1.38. The van der Waals surface area contributed by atoms with E-state index in [4.69, 9.17) is 4.42 Å². The summed E-state index contributed by atoms with van der Waals surface area (Å²) in [5.41, 5.74) is 0.458. The number of hydrogen-bond donors (Lipinski definition) is 2. The minimum absolute atomic E-state index is 0.0106. The number of furan rings is 1. The molecule has 170 valence electrons. The highest BCUT2D eigenvalue weighted by Gasteiger charge is 2.28. The van der Waals surface area contributed by atoms with Crippen molar-refractivity contribution in [2.45, 2.75) is 31.7 Å². The number of alkyl halides is 2. The van der Waals surface area contributed by atoms with Crippen LogP contribution in [0.15, 0.2) is 41.1 Å². The molecule has 0 unspecified atom stereocenters. The highest BCUT2D eigenvalue weighted by atomic mass is 19.3. The molecular formula is C21H19F2N7O3. The van der Waals surface area contributed by atoms with Gasteiger partial charge in [-0.1, -0.05) is 0 Å². The minimum Gasteiger partial charge on any atom is -0.467 e. The second-order valence-electron chi connectivity index (χ2n) is 7.76. The summed E-state index contributed by atoms with van der Waals surface area (Å²) in [4.78, 5) is 29.8. The molecule has 0 aliphatic heterocycles. The monoisotopic (exact) mass is 455 g/mol. The van der Waals surface area contributed by atoms with Gasteiger partial charge in [0, 0.05) is 30.9 Å². The molecule has 1 aliphatic rings. The first kappa shape index (κ1) is 20.8. The average molecular weight is 455 g/mol. The number of anilines is 1. The molecule has 1 fully saturated rings. The second-order valence-corrected chi connectivity index (χ2v) is 7.76. The molecule has 0 aromatic carbocycles. The topological polar surface area (TPSA) is 119 Å². The van der Waals surface area contributed by atoms with E-state index in [1.54, 1.807) is 19.2 Å². The highest BCUT2D eigenvalue weighted by Crippen LogP contribution is 2.40. The van der Waals surface area contributed by atoms with Gasteiger partial charge in [0.25, 0.3) is 18.2 Å². The molecule has 4 aromatic heterocycles. The number of hydrogen-bond acceptors (Lipinski definition) is 6. The number of carbonyl (C=O) groups excluding carboxylic acids is 2. The van der Waals surface area contributed by atoms with Gasteiger partial charge in [-0.3, -0.25) is 14.3 Å². The third-order valence-corrected chi connectivity index (χ3v) is 5.22. The summed E-state index contributed by atoms with van der Waals surface area (Å²) in [6.07, 6.45) is 1.98. The van der Waals surface area contributed by atoms with Crippen LogP contribution in [0.2, 0.25) is 0 Å². The van der Waals surface area contributed by atoms with Crippen molar-refractivity contribution in [3.8, 4) is 0 Å². The van der Waals surface area contributed by atoms with Crippen LogP contribution in [0.3, 0.4) is 0 Å². The maximum absolute atomic E-state index is 13.6. The molecule has 0 radical (unpaired) electrons. The van der Waals surface area contributed by atoms with Crippen LogP contribution in [-0.4, -0.2) is 36.2 Å². The van der Waals surface area contributed by atoms with Gasteiger partial charge < -0.3 is 15.1 Å². The van der Waals surface area contributed by atoms with Gasteiger partial charge in [0.15, 0.2) is 17.0 Å². The van der Waals surface area contributed by atoms with Crippen molar-refractivity contribution in [1.29, 1.82) is 0 Å². The van der Waals surface area contributed by atoms with E-state index in [1.165, 1.54) is 29.3 Å². The van der Waals surface area contributed by atoms with Crippen LogP contribution >= 0.6 is 0 Å². The zero-order valence-corrected chi connectivity index (χ0v) is 17.5. The number of rotatable bonds is 7. The van der Waals surface area contributed by atoms with Gasteiger partial charge in [-0.25, -0.2) is 18.3 Å². The fraction of sp³-hybridized carbons (Fsp3) is 0.286. The van der Waals surface area contributed by atoms with Crippen LogP contribution in [0.1, 0.15) is 63.3 Å². The normalized spacial score (nSPS) is 13.6. The number of fused-ring (bicyclic) bond motifs is 1. The van der Waals surface area contributed by atoms with Gasteiger partial charge in [-0.15, -0.1) is 0 Å². The molecule has 33 heavy (non-hydrogen) atoms. The second kappa shape index (κ2) is 8.11. The Hall–Kier alpha value is -4.09. The van der Waals surface area contributed by atoms with Crippen molar-refractivity contribution in [2.24, 2.45) is 7.05 Å². The van der Waals surface area contributed by atoms with Crippen LogP contribution in [0.5, 0.6) is 0 Å². The fourth-order valence-electron chi connectivity index (χ4n) is 3.47. The number of amides is 2. The zero-order chi connectivity index (χ0) is 23.1. The summed E-state index contributed by atoms with van der Waals surface area (Å²) in [7, 11) is 1.60. The zero-order valence-electron chi connectivity index (χ0n) is 17.5. The van der Waals surface area contributed by atoms with Crippen LogP contribution in [0, 0.1) is 0 Å². The Morgan fingerprint density at radius 2 is 2.06 bits per heavy atom. The van der Waals surface area contributed by atoms with Crippen LogP contribution < -0.4 is 10.6 Å². The first-order valence-electron chi connectivity index (χ1n) is 10.2. The SMILES string of the molecule is Cn1cc(NC(=O)c2cc3nc(C4CC4)cc(C(F)F)n3n2)c(C(=O)NCc2ccco2)n1. The van der Waals surface area contributed by atoms with E-state index in [1.807, 2.05) is 0 Å². The lowest BCUT2D eigenvalue weighted by Gasteiger charge is -2.06. The molecule has 2 N–H and O–H groups in total.